The molecule has 1 aliphatic carbocycles. The highest BCUT2D eigenvalue weighted by Gasteiger charge is 2.19. The second-order valence-electron chi connectivity index (χ2n) is 7.00. The molecule has 1 atom stereocenters. The van der Waals surface area contributed by atoms with E-state index in [-0.39, 0.29) is 24.0 Å². The first kappa shape index (κ1) is 21.3. The smallest absolute Gasteiger partial charge is 0.191 e. The van der Waals surface area contributed by atoms with Crippen molar-refractivity contribution in [2.45, 2.75) is 38.8 Å². The molecule has 0 fully saturated rings. The first-order chi connectivity index (χ1) is 13.8. The Labute approximate surface area is 188 Å². The molecule has 0 amide bonds. The number of aromatic nitrogens is 3. The fourth-order valence-corrected chi connectivity index (χ4v) is 3.67. The van der Waals surface area contributed by atoms with Gasteiger partial charge in [-0.25, -0.2) is 15.0 Å². The van der Waals surface area contributed by atoms with Gasteiger partial charge in [0.1, 0.15) is 12.1 Å². The van der Waals surface area contributed by atoms with Crippen molar-refractivity contribution in [2.75, 3.05) is 6.54 Å². The summed E-state index contributed by atoms with van der Waals surface area (Å²) in [6.07, 6.45) is 10.5. The summed E-state index contributed by atoms with van der Waals surface area (Å²) in [5.74, 6) is 1.72. The third-order valence-corrected chi connectivity index (χ3v) is 5.06. The summed E-state index contributed by atoms with van der Waals surface area (Å²) in [4.78, 5) is 13.4. The van der Waals surface area contributed by atoms with Gasteiger partial charge in [-0.3, -0.25) is 4.57 Å². The lowest BCUT2D eigenvalue weighted by molar-refractivity contribution is 0.520. The number of rotatable bonds is 5. The Kier molecular flexibility index (Phi) is 7.62. The molecule has 0 spiro atoms. The summed E-state index contributed by atoms with van der Waals surface area (Å²) >= 11 is 0. The molecule has 6 nitrogen and oxygen atoms in total. The Morgan fingerprint density at radius 1 is 1.17 bits per heavy atom. The molecule has 3 aromatic rings. The zero-order valence-corrected chi connectivity index (χ0v) is 18.9. The summed E-state index contributed by atoms with van der Waals surface area (Å²) in [7, 11) is 0. The van der Waals surface area contributed by atoms with Crippen LogP contribution in [-0.4, -0.2) is 33.1 Å². The highest BCUT2D eigenvalue weighted by Crippen LogP contribution is 2.21. The van der Waals surface area contributed by atoms with Crippen LogP contribution in [0.3, 0.4) is 0 Å². The molecule has 0 radical (unpaired) electrons. The van der Waals surface area contributed by atoms with E-state index in [9.17, 15) is 0 Å². The van der Waals surface area contributed by atoms with E-state index in [2.05, 4.69) is 57.9 Å². The van der Waals surface area contributed by atoms with Gasteiger partial charge in [0.05, 0.1) is 6.54 Å². The van der Waals surface area contributed by atoms with E-state index in [0.29, 0.717) is 12.6 Å². The number of halogens is 1. The Bertz CT molecular complexity index is 938. The number of hydrogen-bond donors (Lipinski definition) is 2. The second kappa shape index (κ2) is 10.4. The van der Waals surface area contributed by atoms with Crippen LogP contribution in [0.4, 0.5) is 0 Å². The van der Waals surface area contributed by atoms with Crippen molar-refractivity contribution in [3.05, 3.63) is 78.0 Å². The predicted molar refractivity (Wildman–Crippen MR) is 127 cm³/mol. The van der Waals surface area contributed by atoms with Gasteiger partial charge >= 0.3 is 0 Å². The third-order valence-electron chi connectivity index (χ3n) is 5.06. The van der Waals surface area contributed by atoms with Crippen molar-refractivity contribution < 1.29 is 0 Å². The number of guanidine groups is 1. The van der Waals surface area contributed by atoms with Crippen LogP contribution in [0, 0.1) is 0 Å². The zero-order valence-electron chi connectivity index (χ0n) is 16.6. The van der Waals surface area contributed by atoms with Crippen molar-refractivity contribution in [3.63, 3.8) is 0 Å². The van der Waals surface area contributed by atoms with E-state index < -0.39 is 0 Å². The number of nitrogens with one attached hydrogen (secondary N) is 2. The predicted octanol–water partition coefficient (Wildman–Crippen LogP) is 3.50. The van der Waals surface area contributed by atoms with Crippen LogP contribution in [0.25, 0.3) is 5.82 Å². The highest BCUT2D eigenvalue weighted by molar-refractivity contribution is 14.0. The van der Waals surface area contributed by atoms with Crippen LogP contribution >= 0.6 is 24.0 Å². The van der Waals surface area contributed by atoms with Crippen LogP contribution in [0.2, 0.25) is 0 Å². The Morgan fingerprint density at radius 2 is 2.03 bits per heavy atom. The molecular formula is C22H27IN6. The van der Waals surface area contributed by atoms with Crippen LogP contribution < -0.4 is 10.6 Å². The normalized spacial score (nSPS) is 15.9. The number of imidazole rings is 1. The first-order valence-electron chi connectivity index (χ1n) is 9.87. The van der Waals surface area contributed by atoms with Gasteiger partial charge in [-0.15, -0.1) is 24.0 Å². The van der Waals surface area contributed by atoms with Crippen molar-refractivity contribution in [1.29, 1.82) is 0 Å². The molecule has 4 rings (SSSR count). The average molecular weight is 502 g/mol. The summed E-state index contributed by atoms with van der Waals surface area (Å²) in [5.41, 5.74) is 3.98. The fourth-order valence-electron chi connectivity index (χ4n) is 3.67. The third kappa shape index (κ3) is 5.35. The van der Waals surface area contributed by atoms with E-state index >= 15 is 0 Å². The molecule has 0 bridgehead atoms. The van der Waals surface area contributed by atoms with Crippen LogP contribution in [0.1, 0.15) is 30.0 Å². The lowest BCUT2D eigenvalue weighted by Crippen LogP contribution is -2.45. The molecule has 0 saturated heterocycles. The zero-order chi connectivity index (χ0) is 19.2. The lowest BCUT2D eigenvalue weighted by atomic mass is 9.88. The fraction of sp³-hybridized carbons (Fsp3) is 0.318. The van der Waals surface area contributed by atoms with Gasteiger partial charge in [0.2, 0.25) is 0 Å². The van der Waals surface area contributed by atoms with Crippen molar-refractivity contribution in [1.82, 2.24) is 25.2 Å². The van der Waals surface area contributed by atoms with Crippen LogP contribution in [0.5, 0.6) is 0 Å². The molecule has 2 N–H and O–H groups in total. The molecular weight excluding hydrogens is 475 g/mol. The summed E-state index contributed by atoms with van der Waals surface area (Å²) in [6, 6.07) is 13.1. The van der Waals surface area contributed by atoms with E-state index in [1.165, 1.54) is 11.1 Å². The van der Waals surface area contributed by atoms with Crippen LogP contribution in [-0.2, 0) is 19.4 Å². The van der Waals surface area contributed by atoms with Crippen molar-refractivity contribution in [2.24, 2.45) is 4.99 Å². The number of fused-ring (bicyclic) bond motifs is 1. The number of hydrogen-bond acceptors (Lipinski definition) is 3. The van der Waals surface area contributed by atoms with Crippen molar-refractivity contribution in [3.8, 4) is 5.82 Å². The van der Waals surface area contributed by atoms with Gasteiger partial charge in [0, 0.05) is 36.7 Å². The largest absolute Gasteiger partial charge is 0.357 e. The second-order valence-corrected chi connectivity index (χ2v) is 7.00. The number of aliphatic imine (C=N–C) groups is 1. The summed E-state index contributed by atoms with van der Waals surface area (Å²) < 4.78 is 1.92. The Hall–Kier alpha value is -2.42. The standard InChI is InChI=1S/C22H26N6.HI/c1-2-24-22(27-20-10-9-17-6-3-4-7-18(17)14-20)26-15-19-8-5-11-25-21(19)28-13-12-23-16-28;/h3-8,11-13,16,20H,2,9-10,14-15H2,1H3,(H2,24,26,27);1H. The quantitative estimate of drug-likeness (QED) is 0.319. The highest BCUT2D eigenvalue weighted by atomic mass is 127. The van der Waals surface area contributed by atoms with Crippen molar-refractivity contribution >= 4 is 29.9 Å². The monoisotopic (exact) mass is 502 g/mol. The molecule has 1 aliphatic rings. The van der Waals surface area contributed by atoms with Crippen LogP contribution in [0.15, 0.2) is 66.3 Å². The Balaban J connectivity index is 0.00000240. The average Bonchev–Trinajstić information content (AvgIpc) is 3.27. The topological polar surface area (TPSA) is 67.1 Å². The van der Waals surface area contributed by atoms with E-state index in [1.807, 2.05) is 16.8 Å². The van der Waals surface area contributed by atoms with Gasteiger partial charge in [0.25, 0.3) is 0 Å². The maximum atomic E-state index is 4.83. The summed E-state index contributed by atoms with van der Waals surface area (Å²) in [5, 5.41) is 7.00. The molecule has 2 heterocycles. The number of benzene rings is 1. The maximum Gasteiger partial charge on any atom is 0.191 e. The van der Waals surface area contributed by atoms with E-state index in [1.54, 1.807) is 18.7 Å². The first-order valence-corrected chi connectivity index (χ1v) is 9.87. The van der Waals surface area contributed by atoms with Gasteiger partial charge in [0.15, 0.2) is 5.96 Å². The van der Waals surface area contributed by atoms with Gasteiger partial charge in [-0.1, -0.05) is 30.3 Å². The Morgan fingerprint density at radius 3 is 2.83 bits per heavy atom. The minimum atomic E-state index is 0. The van der Waals surface area contributed by atoms with Gasteiger partial charge < -0.3 is 10.6 Å². The number of aryl methyl sites for hydroxylation is 1. The molecule has 1 unspecified atom stereocenters. The van der Waals surface area contributed by atoms with Gasteiger partial charge in [-0.05, 0) is 43.4 Å². The molecule has 152 valence electrons. The minimum Gasteiger partial charge on any atom is -0.357 e. The maximum absolute atomic E-state index is 4.83. The minimum absolute atomic E-state index is 0. The molecule has 7 heteroatoms. The lowest BCUT2D eigenvalue weighted by Gasteiger charge is -2.27. The molecule has 0 saturated carbocycles. The van der Waals surface area contributed by atoms with E-state index in [4.69, 9.17) is 4.99 Å². The van der Waals surface area contributed by atoms with Gasteiger partial charge in [-0.2, -0.15) is 0 Å². The number of pyridine rings is 1. The summed E-state index contributed by atoms with van der Waals surface area (Å²) in [6.45, 7) is 3.48. The SMILES string of the molecule is CCNC(=NCc1cccnc1-n1ccnc1)NC1CCc2ccccc2C1.I. The number of nitrogens with zero attached hydrogens (tertiary/aromatic N) is 4. The molecule has 2 aromatic heterocycles. The van der Waals surface area contributed by atoms with E-state index in [0.717, 1.165) is 43.1 Å². The molecule has 1 aromatic carbocycles. The molecule has 0 aliphatic heterocycles. The molecule has 29 heavy (non-hydrogen) atoms.